The van der Waals surface area contributed by atoms with Crippen LogP contribution in [-0.2, 0) is 0 Å². The molecule has 0 N–H and O–H groups in total. The highest BCUT2D eigenvalue weighted by molar-refractivity contribution is 4.84. The molecule has 0 aromatic carbocycles. The zero-order valence-electron chi connectivity index (χ0n) is 10.4. The van der Waals surface area contributed by atoms with Crippen LogP contribution < -0.4 is 0 Å². The molecule has 2 aliphatic heterocycles. The quantitative estimate of drug-likeness (QED) is 0.690. The Kier molecular flexibility index (Phi) is 4.04. The second-order valence-corrected chi connectivity index (χ2v) is 5.29. The van der Waals surface area contributed by atoms with Gasteiger partial charge >= 0.3 is 0 Å². The molecule has 0 aliphatic carbocycles. The molecule has 2 heteroatoms. The van der Waals surface area contributed by atoms with Crippen LogP contribution >= 0.6 is 0 Å². The van der Waals surface area contributed by atoms with Gasteiger partial charge in [0.25, 0.3) is 0 Å². The van der Waals surface area contributed by atoms with Crippen LogP contribution in [0.3, 0.4) is 0 Å². The van der Waals surface area contributed by atoms with Gasteiger partial charge in [-0.05, 0) is 52.2 Å². The first kappa shape index (κ1) is 11.4. The molecule has 2 fully saturated rings. The molecule has 0 saturated carbocycles. The van der Waals surface area contributed by atoms with Crippen LogP contribution in [-0.4, -0.2) is 48.1 Å². The van der Waals surface area contributed by atoms with Crippen molar-refractivity contribution in [1.82, 2.24) is 9.80 Å². The third kappa shape index (κ3) is 2.73. The standard InChI is InChI=1S/C13H26N2/c1-3-12(2)15-10-6-9-14-8-5-4-7-13(14)11-15/h12-13H,3-11H2,1-2H3. The first-order valence-electron chi connectivity index (χ1n) is 6.79. The summed E-state index contributed by atoms with van der Waals surface area (Å²) in [6, 6.07) is 1.65. The van der Waals surface area contributed by atoms with Gasteiger partial charge in [0, 0.05) is 18.6 Å². The van der Waals surface area contributed by atoms with Crippen LogP contribution in [0.15, 0.2) is 0 Å². The van der Waals surface area contributed by atoms with Gasteiger partial charge < -0.3 is 0 Å². The summed E-state index contributed by atoms with van der Waals surface area (Å²) in [7, 11) is 0. The van der Waals surface area contributed by atoms with E-state index >= 15 is 0 Å². The fourth-order valence-electron chi connectivity index (χ4n) is 3.06. The van der Waals surface area contributed by atoms with Gasteiger partial charge in [-0.25, -0.2) is 0 Å². The Morgan fingerprint density at radius 2 is 1.93 bits per heavy atom. The van der Waals surface area contributed by atoms with Crippen molar-refractivity contribution in [3.05, 3.63) is 0 Å². The van der Waals surface area contributed by atoms with Crippen LogP contribution in [0.4, 0.5) is 0 Å². The lowest BCUT2D eigenvalue weighted by Crippen LogP contribution is -2.45. The topological polar surface area (TPSA) is 6.48 Å². The molecule has 2 atom stereocenters. The van der Waals surface area contributed by atoms with Crippen molar-refractivity contribution in [2.24, 2.45) is 0 Å². The molecule has 2 rings (SSSR count). The molecule has 15 heavy (non-hydrogen) atoms. The Morgan fingerprint density at radius 3 is 2.73 bits per heavy atom. The van der Waals surface area contributed by atoms with E-state index in [1.54, 1.807) is 0 Å². The van der Waals surface area contributed by atoms with Crippen LogP contribution in [0.5, 0.6) is 0 Å². The minimum Gasteiger partial charge on any atom is -0.299 e. The Balaban J connectivity index is 1.95. The van der Waals surface area contributed by atoms with Crippen molar-refractivity contribution in [1.29, 1.82) is 0 Å². The summed E-state index contributed by atoms with van der Waals surface area (Å²) >= 11 is 0. The average molecular weight is 210 g/mol. The van der Waals surface area contributed by atoms with Gasteiger partial charge in [0.1, 0.15) is 0 Å². The fraction of sp³-hybridized carbons (Fsp3) is 1.00. The van der Waals surface area contributed by atoms with Crippen molar-refractivity contribution >= 4 is 0 Å². The van der Waals surface area contributed by atoms with Gasteiger partial charge in [-0.2, -0.15) is 0 Å². The Bertz CT molecular complexity index is 193. The third-order valence-electron chi connectivity index (χ3n) is 4.30. The van der Waals surface area contributed by atoms with E-state index in [1.165, 1.54) is 58.3 Å². The van der Waals surface area contributed by atoms with E-state index < -0.39 is 0 Å². The molecule has 2 nitrogen and oxygen atoms in total. The maximum absolute atomic E-state index is 2.74. The number of nitrogens with zero attached hydrogens (tertiary/aromatic N) is 2. The van der Waals surface area contributed by atoms with Crippen molar-refractivity contribution in [2.75, 3.05) is 26.2 Å². The minimum absolute atomic E-state index is 0.784. The molecule has 0 radical (unpaired) electrons. The van der Waals surface area contributed by atoms with Crippen LogP contribution in [0.2, 0.25) is 0 Å². The molecule has 2 saturated heterocycles. The fourth-order valence-corrected chi connectivity index (χ4v) is 3.06. The van der Waals surface area contributed by atoms with E-state index in [4.69, 9.17) is 0 Å². The molecule has 0 aromatic heterocycles. The van der Waals surface area contributed by atoms with E-state index in [9.17, 15) is 0 Å². The SMILES string of the molecule is CCC(C)N1CCCN2CCCCC2C1. The highest BCUT2D eigenvalue weighted by Crippen LogP contribution is 2.22. The smallest absolute Gasteiger partial charge is 0.0223 e. The molecular formula is C13H26N2. The monoisotopic (exact) mass is 210 g/mol. The Morgan fingerprint density at radius 1 is 1.13 bits per heavy atom. The number of piperidine rings is 1. The zero-order valence-corrected chi connectivity index (χ0v) is 10.4. The van der Waals surface area contributed by atoms with E-state index in [2.05, 4.69) is 23.6 Å². The van der Waals surface area contributed by atoms with E-state index in [0.29, 0.717) is 0 Å². The summed E-state index contributed by atoms with van der Waals surface area (Å²) in [5.74, 6) is 0. The molecule has 88 valence electrons. The summed E-state index contributed by atoms with van der Waals surface area (Å²) in [6.45, 7) is 10.1. The molecule has 2 aliphatic rings. The Labute approximate surface area is 94.6 Å². The van der Waals surface area contributed by atoms with Crippen molar-refractivity contribution in [2.45, 2.75) is 58.0 Å². The highest BCUT2D eigenvalue weighted by atomic mass is 15.3. The van der Waals surface area contributed by atoms with Crippen molar-refractivity contribution in [3.8, 4) is 0 Å². The molecule has 2 heterocycles. The maximum atomic E-state index is 2.74. The first-order valence-corrected chi connectivity index (χ1v) is 6.79. The number of rotatable bonds is 2. The van der Waals surface area contributed by atoms with Gasteiger partial charge in [0.05, 0.1) is 0 Å². The normalized spacial score (nSPS) is 32.0. The van der Waals surface area contributed by atoms with Gasteiger partial charge in [-0.15, -0.1) is 0 Å². The predicted octanol–water partition coefficient (Wildman–Crippen LogP) is 2.35. The molecule has 0 spiro atoms. The third-order valence-corrected chi connectivity index (χ3v) is 4.30. The summed E-state index contributed by atoms with van der Waals surface area (Å²) in [4.78, 5) is 5.46. The maximum Gasteiger partial charge on any atom is 0.0223 e. The summed E-state index contributed by atoms with van der Waals surface area (Å²) < 4.78 is 0. The van der Waals surface area contributed by atoms with Crippen LogP contribution in [0.25, 0.3) is 0 Å². The Hall–Kier alpha value is -0.0800. The number of fused-ring (bicyclic) bond motifs is 1. The minimum atomic E-state index is 0.784. The predicted molar refractivity (Wildman–Crippen MR) is 65.2 cm³/mol. The molecule has 0 bridgehead atoms. The van der Waals surface area contributed by atoms with Gasteiger partial charge in [0.2, 0.25) is 0 Å². The molecule has 0 amide bonds. The highest BCUT2D eigenvalue weighted by Gasteiger charge is 2.28. The van der Waals surface area contributed by atoms with Gasteiger partial charge in [-0.3, -0.25) is 9.80 Å². The van der Waals surface area contributed by atoms with E-state index in [-0.39, 0.29) is 0 Å². The van der Waals surface area contributed by atoms with Gasteiger partial charge in [-0.1, -0.05) is 13.3 Å². The van der Waals surface area contributed by atoms with Crippen LogP contribution in [0.1, 0.15) is 46.0 Å². The number of hydrogen-bond acceptors (Lipinski definition) is 2. The van der Waals surface area contributed by atoms with Crippen LogP contribution in [0, 0.1) is 0 Å². The first-order chi connectivity index (χ1) is 7.31. The lowest BCUT2D eigenvalue weighted by molar-refractivity contribution is 0.122. The average Bonchev–Trinajstić information content (AvgIpc) is 2.49. The second kappa shape index (κ2) is 5.31. The summed E-state index contributed by atoms with van der Waals surface area (Å²) in [5, 5.41) is 0. The lowest BCUT2D eigenvalue weighted by Gasteiger charge is -2.36. The largest absolute Gasteiger partial charge is 0.299 e. The zero-order chi connectivity index (χ0) is 10.7. The lowest BCUT2D eigenvalue weighted by atomic mass is 10.0. The van der Waals surface area contributed by atoms with E-state index in [0.717, 1.165) is 12.1 Å². The van der Waals surface area contributed by atoms with Gasteiger partial charge in [0.15, 0.2) is 0 Å². The molecule has 0 aromatic rings. The molecular weight excluding hydrogens is 184 g/mol. The second-order valence-electron chi connectivity index (χ2n) is 5.29. The van der Waals surface area contributed by atoms with E-state index in [1.807, 2.05) is 0 Å². The van der Waals surface area contributed by atoms with Crippen molar-refractivity contribution < 1.29 is 0 Å². The number of hydrogen-bond donors (Lipinski definition) is 0. The van der Waals surface area contributed by atoms with Crippen molar-refractivity contribution in [3.63, 3.8) is 0 Å². The molecule has 2 unspecified atom stereocenters. The summed E-state index contributed by atoms with van der Waals surface area (Å²) in [5.41, 5.74) is 0. The summed E-state index contributed by atoms with van der Waals surface area (Å²) in [6.07, 6.45) is 7.00.